The minimum absolute atomic E-state index is 0.905. The van der Waals surface area contributed by atoms with E-state index in [9.17, 15) is 0 Å². The number of nitrogens with zero attached hydrogens (tertiary/aromatic N) is 3. The van der Waals surface area contributed by atoms with Gasteiger partial charge in [0.2, 0.25) is 0 Å². The van der Waals surface area contributed by atoms with E-state index in [0.717, 1.165) is 40.7 Å². The summed E-state index contributed by atoms with van der Waals surface area (Å²) in [5, 5.41) is 3.42. The maximum atomic E-state index is 4.41. The lowest BCUT2D eigenvalue weighted by molar-refractivity contribution is 0.405. The molecule has 0 spiro atoms. The molecule has 5 heteroatoms. The molecule has 4 nitrogen and oxygen atoms in total. The van der Waals surface area contributed by atoms with Crippen LogP contribution in [0.1, 0.15) is 6.42 Å². The molecule has 2 rings (SSSR count). The molecule has 96 valence electrons. The van der Waals surface area contributed by atoms with Crippen LogP contribution < -0.4 is 5.32 Å². The van der Waals surface area contributed by atoms with Gasteiger partial charge in [-0.15, -0.1) is 0 Å². The molecule has 2 heterocycles. The highest BCUT2D eigenvalue weighted by atomic mass is 79.9. The standard InChI is InChI=1S/C13H17BrN4/c1-18(2)7-3-5-15-11-4-6-16-12-8-10(14)9-17-13(11)12/h4,6,8-9H,3,5,7H2,1-2H3,(H,15,16). The van der Waals surface area contributed by atoms with Crippen LogP contribution in [-0.4, -0.2) is 42.1 Å². The van der Waals surface area contributed by atoms with Crippen LogP contribution in [0.3, 0.4) is 0 Å². The highest BCUT2D eigenvalue weighted by Crippen LogP contribution is 2.21. The Balaban J connectivity index is 2.08. The predicted molar refractivity (Wildman–Crippen MR) is 78.9 cm³/mol. The van der Waals surface area contributed by atoms with Crippen LogP contribution in [0.5, 0.6) is 0 Å². The Morgan fingerprint density at radius 2 is 2.17 bits per heavy atom. The van der Waals surface area contributed by atoms with Crippen molar-refractivity contribution in [3.8, 4) is 0 Å². The van der Waals surface area contributed by atoms with Crippen LogP contribution in [0, 0.1) is 0 Å². The summed E-state index contributed by atoms with van der Waals surface area (Å²) in [6, 6.07) is 3.95. The van der Waals surface area contributed by atoms with Crippen molar-refractivity contribution >= 4 is 32.7 Å². The molecular formula is C13H17BrN4. The van der Waals surface area contributed by atoms with Crippen molar-refractivity contribution in [1.29, 1.82) is 0 Å². The molecule has 0 saturated heterocycles. The zero-order valence-electron chi connectivity index (χ0n) is 10.7. The third-order valence-corrected chi connectivity index (χ3v) is 3.08. The van der Waals surface area contributed by atoms with E-state index in [-0.39, 0.29) is 0 Å². The van der Waals surface area contributed by atoms with E-state index in [1.54, 1.807) is 6.20 Å². The number of fused-ring (bicyclic) bond motifs is 1. The molecule has 0 aliphatic rings. The van der Waals surface area contributed by atoms with Crippen LogP contribution in [0.15, 0.2) is 29.0 Å². The highest BCUT2D eigenvalue weighted by Gasteiger charge is 2.03. The van der Waals surface area contributed by atoms with E-state index < -0.39 is 0 Å². The van der Waals surface area contributed by atoms with Gasteiger partial charge in [0.15, 0.2) is 0 Å². The fourth-order valence-electron chi connectivity index (χ4n) is 1.77. The number of aromatic nitrogens is 2. The molecule has 0 radical (unpaired) electrons. The van der Waals surface area contributed by atoms with Crippen LogP contribution in [0.2, 0.25) is 0 Å². The molecule has 1 N–H and O–H groups in total. The summed E-state index contributed by atoms with van der Waals surface area (Å²) in [5.74, 6) is 0. The zero-order valence-corrected chi connectivity index (χ0v) is 12.2. The summed E-state index contributed by atoms with van der Waals surface area (Å²) >= 11 is 3.41. The summed E-state index contributed by atoms with van der Waals surface area (Å²) in [6.07, 6.45) is 4.72. The molecule has 0 aromatic carbocycles. The molecular weight excluding hydrogens is 292 g/mol. The minimum atomic E-state index is 0.905. The number of pyridine rings is 2. The van der Waals surface area contributed by atoms with Gasteiger partial charge in [0, 0.05) is 23.4 Å². The lowest BCUT2D eigenvalue weighted by Crippen LogP contribution is -2.16. The van der Waals surface area contributed by atoms with Crippen molar-refractivity contribution in [3.05, 3.63) is 29.0 Å². The van der Waals surface area contributed by atoms with Crippen molar-refractivity contribution < 1.29 is 0 Å². The van der Waals surface area contributed by atoms with Gasteiger partial charge in [0.05, 0.1) is 11.2 Å². The maximum absolute atomic E-state index is 4.41. The third-order valence-electron chi connectivity index (χ3n) is 2.64. The normalized spacial score (nSPS) is 11.1. The van der Waals surface area contributed by atoms with Crippen molar-refractivity contribution in [1.82, 2.24) is 14.9 Å². The van der Waals surface area contributed by atoms with Crippen LogP contribution in [-0.2, 0) is 0 Å². The summed E-state index contributed by atoms with van der Waals surface area (Å²) in [4.78, 5) is 10.9. The second kappa shape index (κ2) is 6.11. The first-order chi connectivity index (χ1) is 8.66. The van der Waals surface area contributed by atoms with Crippen molar-refractivity contribution in [3.63, 3.8) is 0 Å². The molecule has 0 aliphatic heterocycles. The summed E-state index contributed by atoms with van der Waals surface area (Å²) in [5.41, 5.74) is 2.87. The lowest BCUT2D eigenvalue weighted by atomic mass is 10.2. The third kappa shape index (κ3) is 3.40. The Hall–Kier alpha value is -1.20. The monoisotopic (exact) mass is 308 g/mol. The molecule has 18 heavy (non-hydrogen) atoms. The number of nitrogens with one attached hydrogen (secondary N) is 1. The Morgan fingerprint density at radius 3 is 2.94 bits per heavy atom. The average Bonchev–Trinajstić information content (AvgIpc) is 2.34. The highest BCUT2D eigenvalue weighted by molar-refractivity contribution is 9.10. The molecule has 2 aromatic heterocycles. The van der Waals surface area contributed by atoms with E-state index in [4.69, 9.17) is 0 Å². The predicted octanol–water partition coefficient (Wildman–Crippen LogP) is 2.76. The quantitative estimate of drug-likeness (QED) is 0.862. The zero-order chi connectivity index (χ0) is 13.0. The summed E-state index contributed by atoms with van der Waals surface area (Å²) in [6.45, 7) is 2.02. The lowest BCUT2D eigenvalue weighted by Gasteiger charge is -2.11. The Bertz CT molecular complexity index is 527. The Morgan fingerprint density at radius 1 is 1.33 bits per heavy atom. The van der Waals surface area contributed by atoms with E-state index in [2.05, 4.69) is 50.2 Å². The van der Waals surface area contributed by atoms with Gasteiger partial charge in [-0.05, 0) is 55.1 Å². The minimum Gasteiger partial charge on any atom is -0.383 e. The number of hydrogen-bond donors (Lipinski definition) is 1. The first-order valence-corrected chi connectivity index (χ1v) is 6.75. The van der Waals surface area contributed by atoms with Gasteiger partial charge in [-0.25, -0.2) is 0 Å². The van der Waals surface area contributed by atoms with Crippen LogP contribution in [0.4, 0.5) is 5.69 Å². The van der Waals surface area contributed by atoms with Gasteiger partial charge in [-0.3, -0.25) is 9.97 Å². The van der Waals surface area contributed by atoms with Gasteiger partial charge in [-0.2, -0.15) is 0 Å². The maximum Gasteiger partial charge on any atom is 0.112 e. The summed E-state index contributed by atoms with van der Waals surface area (Å²) in [7, 11) is 4.17. The Kier molecular flexibility index (Phi) is 4.49. The van der Waals surface area contributed by atoms with E-state index >= 15 is 0 Å². The average molecular weight is 309 g/mol. The number of anilines is 1. The van der Waals surface area contributed by atoms with Gasteiger partial charge in [0.1, 0.15) is 5.52 Å². The molecule has 0 fully saturated rings. The smallest absolute Gasteiger partial charge is 0.112 e. The summed E-state index contributed by atoms with van der Waals surface area (Å²) < 4.78 is 0.951. The molecule has 0 unspecified atom stereocenters. The molecule has 0 amide bonds. The molecule has 0 saturated carbocycles. The second-order valence-electron chi connectivity index (χ2n) is 4.46. The number of halogens is 1. The second-order valence-corrected chi connectivity index (χ2v) is 5.38. The Labute approximate surface area is 116 Å². The largest absolute Gasteiger partial charge is 0.383 e. The van der Waals surface area contributed by atoms with E-state index in [0.29, 0.717) is 0 Å². The van der Waals surface area contributed by atoms with E-state index in [1.807, 2.05) is 18.3 Å². The number of hydrogen-bond acceptors (Lipinski definition) is 4. The first-order valence-electron chi connectivity index (χ1n) is 5.95. The van der Waals surface area contributed by atoms with E-state index in [1.165, 1.54) is 0 Å². The fraction of sp³-hybridized carbons (Fsp3) is 0.385. The van der Waals surface area contributed by atoms with Crippen LogP contribution in [0.25, 0.3) is 11.0 Å². The topological polar surface area (TPSA) is 41.0 Å². The first kappa shape index (κ1) is 13.2. The van der Waals surface area contributed by atoms with Gasteiger partial charge >= 0.3 is 0 Å². The number of rotatable bonds is 5. The van der Waals surface area contributed by atoms with Gasteiger partial charge < -0.3 is 10.2 Å². The van der Waals surface area contributed by atoms with Crippen molar-refractivity contribution in [2.24, 2.45) is 0 Å². The van der Waals surface area contributed by atoms with Gasteiger partial charge in [-0.1, -0.05) is 0 Å². The fourth-order valence-corrected chi connectivity index (χ4v) is 2.09. The van der Waals surface area contributed by atoms with Crippen molar-refractivity contribution in [2.45, 2.75) is 6.42 Å². The van der Waals surface area contributed by atoms with Crippen molar-refractivity contribution in [2.75, 3.05) is 32.5 Å². The molecule has 2 aromatic rings. The van der Waals surface area contributed by atoms with Gasteiger partial charge in [0.25, 0.3) is 0 Å². The SMILES string of the molecule is CN(C)CCCNc1ccnc2cc(Br)cnc12. The molecule has 0 aliphatic carbocycles. The molecule has 0 atom stereocenters. The molecule has 0 bridgehead atoms. The van der Waals surface area contributed by atoms with Crippen LogP contribution >= 0.6 is 15.9 Å².